The van der Waals surface area contributed by atoms with E-state index >= 15 is 0 Å². The highest BCUT2D eigenvalue weighted by atomic mass is 19.1. The van der Waals surface area contributed by atoms with Crippen molar-refractivity contribution >= 4 is 50.9 Å². The SMILES string of the molecule is N#CC1(Cc2ccc(F)cc2)CCN(C(=O)c2cnc3ccccc3n2)CC1.N#CC1(Cc2ccc(F)cc2)CCN(C(=O)c2cnc3ccccc3n2)CC1.N#CC1(Cc2ccc(F)cc2)CCNCC1.O=C(O)c1cnc2ccccc2n1. The number of likely N-dealkylation sites (tertiary alicyclic amines) is 2. The molecular weight excluding hydrogens is 1080 g/mol. The van der Waals surface area contributed by atoms with Crippen molar-refractivity contribution in [1.82, 2.24) is 45.0 Å². The number of para-hydroxylation sites is 6. The van der Waals surface area contributed by atoms with Crippen LogP contribution in [0, 0.1) is 67.7 Å². The Balaban J connectivity index is 0.000000142. The number of carboxylic acids is 1. The number of nitrogens with one attached hydrogen (secondary N) is 1. The molecule has 428 valence electrons. The summed E-state index contributed by atoms with van der Waals surface area (Å²) in [6.45, 7) is 3.75. The highest BCUT2D eigenvalue weighted by Crippen LogP contribution is 2.37. The minimum atomic E-state index is -1.06. The maximum absolute atomic E-state index is 13.1. The molecule has 16 nitrogen and oxygen atoms in total. The van der Waals surface area contributed by atoms with Gasteiger partial charge in [0.15, 0.2) is 5.69 Å². The maximum Gasteiger partial charge on any atom is 0.356 e. The minimum Gasteiger partial charge on any atom is -0.476 e. The lowest BCUT2D eigenvalue weighted by Gasteiger charge is -2.37. The van der Waals surface area contributed by atoms with Crippen LogP contribution in [0.1, 0.15) is 86.7 Å². The van der Waals surface area contributed by atoms with Crippen LogP contribution < -0.4 is 5.32 Å². The second-order valence-electron chi connectivity index (χ2n) is 21.5. The van der Waals surface area contributed by atoms with E-state index < -0.39 is 16.8 Å². The van der Waals surface area contributed by atoms with Gasteiger partial charge in [-0.3, -0.25) is 24.5 Å². The zero-order chi connectivity index (χ0) is 59.8. The molecule has 2 amide bonds. The first-order valence-corrected chi connectivity index (χ1v) is 27.8. The van der Waals surface area contributed by atoms with E-state index in [0.717, 1.165) is 60.1 Å². The van der Waals surface area contributed by atoms with Crippen LogP contribution >= 0.6 is 0 Å². The van der Waals surface area contributed by atoms with Gasteiger partial charge >= 0.3 is 5.97 Å². The molecule has 0 spiro atoms. The monoisotopic (exact) mass is 1140 g/mol. The number of rotatable bonds is 9. The Bertz CT molecular complexity index is 3770. The van der Waals surface area contributed by atoms with E-state index in [9.17, 15) is 43.3 Å². The molecule has 3 aliphatic heterocycles. The number of hydrogen-bond acceptors (Lipinski definition) is 13. The van der Waals surface area contributed by atoms with Gasteiger partial charge in [0.1, 0.15) is 28.8 Å². The second kappa shape index (κ2) is 27.4. The Morgan fingerprint density at radius 3 is 1.02 bits per heavy atom. The Morgan fingerprint density at radius 1 is 0.435 bits per heavy atom. The number of hydrogen-bond donors (Lipinski definition) is 2. The number of nitriles is 3. The standard InChI is InChI=1S/2C22H19FN4O.C13H15FN2.C9H6N2O2/c2*23-17-7-5-16(6-8-17)13-22(15-24)9-11-27(12-10-22)21(28)20-14-25-18-3-1-2-4-19(18)26-20;14-12-3-1-11(2-4-12)9-13(10-15)5-7-16-8-6-13;12-9(13)8-5-10-6-3-1-2-4-7(6)11-8/h2*1-8,14H,9-13H2;1-4,16H,5-9H2;1-5H,(H,12,13). The number of carboxylic acid groups (broad SMARTS) is 1. The molecular formula is C66H59F3N12O4. The fourth-order valence-corrected chi connectivity index (χ4v) is 10.6. The molecule has 6 aromatic carbocycles. The summed E-state index contributed by atoms with van der Waals surface area (Å²) in [6, 6.07) is 48.3. The number of carbonyl (C=O) groups excluding carboxylic acids is 2. The number of carbonyl (C=O) groups is 3. The third kappa shape index (κ3) is 15.4. The van der Waals surface area contributed by atoms with Gasteiger partial charge in [-0.05, 0) is 160 Å². The number of aromatic nitrogens is 6. The lowest BCUT2D eigenvalue weighted by atomic mass is 9.75. The molecule has 0 saturated carbocycles. The molecule has 0 bridgehead atoms. The normalized spacial score (nSPS) is 15.6. The summed E-state index contributed by atoms with van der Waals surface area (Å²) in [4.78, 5) is 65.0. The number of aromatic carboxylic acids is 1. The predicted molar refractivity (Wildman–Crippen MR) is 312 cm³/mol. The van der Waals surface area contributed by atoms with E-state index in [1.807, 2.05) is 54.6 Å². The maximum atomic E-state index is 13.1. The quantitative estimate of drug-likeness (QED) is 0.137. The zero-order valence-electron chi connectivity index (χ0n) is 46.4. The number of amides is 2. The molecule has 0 radical (unpaired) electrons. The summed E-state index contributed by atoms with van der Waals surface area (Å²) >= 11 is 0. The van der Waals surface area contributed by atoms with Gasteiger partial charge in [0.05, 0.1) is 86.1 Å². The number of nitrogens with zero attached hydrogens (tertiary/aromatic N) is 11. The van der Waals surface area contributed by atoms with Crippen molar-refractivity contribution in [3.05, 3.63) is 215 Å². The lowest BCUT2D eigenvalue weighted by molar-refractivity contribution is 0.0633. The number of benzene rings is 6. The van der Waals surface area contributed by atoms with E-state index in [0.29, 0.717) is 98.2 Å². The van der Waals surface area contributed by atoms with Gasteiger partial charge in [-0.15, -0.1) is 0 Å². The van der Waals surface area contributed by atoms with Gasteiger partial charge in [-0.25, -0.2) is 32.9 Å². The van der Waals surface area contributed by atoms with Crippen molar-refractivity contribution in [3.63, 3.8) is 0 Å². The molecule has 3 fully saturated rings. The Hall–Kier alpha value is -10.0. The van der Waals surface area contributed by atoms with Crippen molar-refractivity contribution in [1.29, 1.82) is 15.8 Å². The molecule has 0 aliphatic carbocycles. The van der Waals surface area contributed by atoms with E-state index in [4.69, 9.17) is 5.11 Å². The second-order valence-corrected chi connectivity index (χ2v) is 21.5. The molecule has 3 aromatic heterocycles. The fourth-order valence-electron chi connectivity index (χ4n) is 10.6. The summed E-state index contributed by atoms with van der Waals surface area (Å²) in [7, 11) is 0. The third-order valence-corrected chi connectivity index (χ3v) is 15.7. The van der Waals surface area contributed by atoms with E-state index in [2.05, 4.69) is 53.4 Å². The van der Waals surface area contributed by atoms with Crippen LogP contribution in [0.2, 0.25) is 0 Å². The average molecular weight is 1140 g/mol. The largest absolute Gasteiger partial charge is 0.476 e. The first-order valence-electron chi connectivity index (χ1n) is 27.8. The van der Waals surface area contributed by atoms with Crippen LogP contribution in [0.3, 0.4) is 0 Å². The van der Waals surface area contributed by atoms with Gasteiger partial charge in [-0.1, -0.05) is 72.8 Å². The first kappa shape index (κ1) is 59.6. The summed E-state index contributed by atoms with van der Waals surface area (Å²) in [5.41, 5.74) is 6.37. The first-order chi connectivity index (χ1) is 41.2. The summed E-state index contributed by atoms with van der Waals surface area (Å²) in [5.74, 6) is -2.17. The van der Waals surface area contributed by atoms with Crippen LogP contribution in [0.5, 0.6) is 0 Å². The molecule has 85 heavy (non-hydrogen) atoms. The molecule has 2 N–H and O–H groups in total. The molecule has 9 aromatic rings. The summed E-state index contributed by atoms with van der Waals surface area (Å²) in [6.07, 6.45) is 10.2. The van der Waals surface area contributed by atoms with Gasteiger partial charge in [0, 0.05) is 26.2 Å². The average Bonchev–Trinajstić information content (AvgIpc) is 3.75. The van der Waals surface area contributed by atoms with Crippen LogP contribution in [0.25, 0.3) is 33.1 Å². The molecule has 0 atom stereocenters. The molecule has 19 heteroatoms. The van der Waals surface area contributed by atoms with Gasteiger partial charge in [0.25, 0.3) is 11.8 Å². The molecule has 6 heterocycles. The number of halogens is 3. The fraction of sp³-hybridized carbons (Fsp3) is 0.273. The van der Waals surface area contributed by atoms with Gasteiger partial charge in [-0.2, -0.15) is 15.8 Å². The van der Waals surface area contributed by atoms with Gasteiger partial charge < -0.3 is 20.2 Å². The number of fused-ring (bicyclic) bond motifs is 3. The van der Waals surface area contributed by atoms with Crippen molar-refractivity contribution < 1.29 is 32.7 Å². The van der Waals surface area contributed by atoms with Crippen molar-refractivity contribution in [2.75, 3.05) is 39.3 Å². The summed E-state index contributed by atoms with van der Waals surface area (Å²) in [5, 5.41) is 40.7. The predicted octanol–water partition coefficient (Wildman–Crippen LogP) is 11.1. The zero-order valence-corrected chi connectivity index (χ0v) is 46.4. The Kier molecular flexibility index (Phi) is 19.2. The Labute approximate surface area is 489 Å². The lowest BCUT2D eigenvalue weighted by Crippen LogP contribution is -2.43. The minimum absolute atomic E-state index is 0.0290. The van der Waals surface area contributed by atoms with Crippen molar-refractivity contribution in [2.24, 2.45) is 16.2 Å². The number of piperidine rings is 3. The van der Waals surface area contributed by atoms with Crippen LogP contribution in [-0.2, 0) is 19.3 Å². The summed E-state index contributed by atoms with van der Waals surface area (Å²) < 4.78 is 39.0. The third-order valence-electron chi connectivity index (χ3n) is 15.7. The van der Waals surface area contributed by atoms with Crippen molar-refractivity contribution in [3.8, 4) is 18.2 Å². The molecule has 3 saturated heterocycles. The molecule has 3 aliphatic rings. The van der Waals surface area contributed by atoms with E-state index in [1.54, 1.807) is 64.4 Å². The topological polar surface area (TPSA) is 239 Å². The Morgan fingerprint density at radius 2 is 0.718 bits per heavy atom. The molecule has 0 unspecified atom stereocenters. The highest BCUT2D eigenvalue weighted by molar-refractivity contribution is 5.94. The van der Waals surface area contributed by atoms with Crippen LogP contribution in [0.15, 0.2) is 164 Å². The molecule has 12 rings (SSSR count). The van der Waals surface area contributed by atoms with Gasteiger partial charge in [0.2, 0.25) is 0 Å². The van der Waals surface area contributed by atoms with Crippen molar-refractivity contribution in [2.45, 2.75) is 57.8 Å². The van der Waals surface area contributed by atoms with Crippen LogP contribution in [-0.4, -0.2) is 102 Å². The van der Waals surface area contributed by atoms with E-state index in [1.165, 1.54) is 55.0 Å². The highest BCUT2D eigenvalue weighted by Gasteiger charge is 2.38. The van der Waals surface area contributed by atoms with Crippen LogP contribution in [0.4, 0.5) is 13.2 Å². The van der Waals surface area contributed by atoms with E-state index in [-0.39, 0.29) is 40.4 Å². The smallest absolute Gasteiger partial charge is 0.356 e.